The van der Waals surface area contributed by atoms with Crippen LogP contribution in [-0.4, -0.2) is 29.3 Å². The van der Waals surface area contributed by atoms with Gasteiger partial charge < -0.3 is 10.3 Å². The number of hydrogen-bond donors (Lipinski definition) is 2. The molecule has 2 rings (SSSR count). The van der Waals surface area contributed by atoms with Gasteiger partial charge >= 0.3 is 12.4 Å². The molecular weight excluding hydrogens is 342 g/mol. The average Bonchev–Trinajstić information content (AvgIpc) is 2.45. The summed E-state index contributed by atoms with van der Waals surface area (Å²) in [4.78, 5) is 25.6. The Kier molecular flexibility index (Phi) is 4.95. The van der Waals surface area contributed by atoms with Gasteiger partial charge in [-0.25, -0.2) is 0 Å². The van der Waals surface area contributed by atoms with Crippen molar-refractivity contribution in [2.75, 3.05) is 0 Å². The van der Waals surface area contributed by atoms with E-state index in [4.69, 9.17) is 0 Å². The lowest BCUT2D eigenvalue weighted by Gasteiger charge is -2.36. The number of carbonyl (C=O) groups is 1. The maximum Gasteiger partial charge on any atom is 0.391 e. The van der Waals surface area contributed by atoms with Crippen molar-refractivity contribution in [3.05, 3.63) is 34.2 Å². The van der Waals surface area contributed by atoms with Crippen LogP contribution in [0.25, 0.3) is 0 Å². The van der Waals surface area contributed by atoms with Crippen LogP contribution in [0.1, 0.15) is 29.6 Å². The number of H-pyrrole nitrogens is 1. The largest absolute Gasteiger partial charge is 0.391 e. The fourth-order valence-corrected chi connectivity index (χ4v) is 2.83. The fourth-order valence-electron chi connectivity index (χ4n) is 2.83. The number of halogens is 6. The van der Waals surface area contributed by atoms with Crippen molar-refractivity contribution in [1.82, 2.24) is 10.3 Å². The lowest BCUT2D eigenvalue weighted by molar-refractivity contribution is -0.225. The monoisotopic (exact) mass is 356 g/mol. The molecule has 1 saturated carbocycles. The molecule has 0 radical (unpaired) electrons. The zero-order valence-corrected chi connectivity index (χ0v) is 12.2. The molecule has 2 unspecified atom stereocenters. The van der Waals surface area contributed by atoms with Gasteiger partial charge in [0.05, 0.1) is 11.8 Å². The van der Waals surface area contributed by atoms with E-state index in [1.54, 1.807) is 0 Å². The van der Waals surface area contributed by atoms with E-state index in [9.17, 15) is 35.9 Å². The zero-order chi connectivity index (χ0) is 18.1. The van der Waals surface area contributed by atoms with Crippen molar-refractivity contribution in [1.29, 1.82) is 0 Å². The van der Waals surface area contributed by atoms with Gasteiger partial charge in [-0.2, -0.15) is 26.3 Å². The minimum Gasteiger partial charge on any atom is -0.349 e. The predicted octanol–water partition coefficient (Wildman–Crippen LogP) is 3.01. The number of aromatic amines is 1. The molecular formula is C14H14F6N2O2. The molecule has 1 amide bonds. The van der Waals surface area contributed by atoms with E-state index in [1.807, 2.05) is 0 Å². The third-order valence-corrected chi connectivity index (χ3v) is 4.03. The molecule has 0 aliphatic heterocycles. The molecule has 2 N–H and O–H groups in total. The first-order valence-electron chi connectivity index (χ1n) is 7.10. The number of aromatic nitrogens is 1. The second-order valence-corrected chi connectivity index (χ2v) is 5.77. The Morgan fingerprint density at radius 3 is 2.04 bits per heavy atom. The Labute approximate surface area is 132 Å². The summed E-state index contributed by atoms with van der Waals surface area (Å²) in [6.07, 6.45) is -10.7. The number of alkyl halides is 6. The lowest BCUT2D eigenvalue weighted by Crippen LogP contribution is -2.47. The highest BCUT2D eigenvalue weighted by Crippen LogP contribution is 2.45. The number of amides is 1. The van der Waals surface area contributed by atoms with Crippen LogP contribution in [0.3, 0.4) is 0 Å². The molecule has 0 saturated heterocycles. The van der Waals surface area contributed by atoms with Gasteiger partial charge in [-0.15, -0.1) is 0 Å². The Hall–Kier alpha value is -2.00. The highest BCUT2D eigenvalue weighted by molar-refractivity contribution is 5.93. The molecule has 0 aromatic carbocycles. The summed E-state index contributed by atoms with van der Waals surface area (Å²) in [6.45, 7) is 0. The molecule has 1 aromatic heterocycles. The molecule has 1 aliphatic carbocycles. The quantitative estimate of drug-likeness (QED) is 0.801. The SMILES string of the molecule is O=C(NC1CC(C(F)(F)F)CC(C(F)(F)F)C1)c1ccc[nH]c1=O. The van der Waals surface area contributed by atoms with Crippen molar-refractivity contribution >= 4 is 5.91 Å². The zero-order valence-electron chi connectivity index (χ0n) is 12.2. The lowest BCUT2D eigenvalue weighted by atomic mass is 9.77. The van der Waals surface area contributed by atoms with Gasteiger partial charge in [0.2, 0.25) is 0 Å². The minimum atomic E-state index is -4.78. The first kappa shape index (κ1) is 18.3. The van der Waals surface area contributed by atoms with E-state index < -0.39 is 61.0 Å². The fraction of sp³-hybridized carbons (Fsp3) is 0.571. The van der Waals surface area contributed by atoms with Crippen LogP contribution in [0.15, 0.2) is 23.1 Å². The number of rotatable bonds is 2. The molecule has 10 heteroatoms. The van der Waals surface area contributed by atoms with Gasteiger partial charge in [0.25, 0.3) is 11.5 Å². The summed E-state index contributed by atoms with van der Waals surface area (Å²) in [6, 6.07) is 1.15. The van der Waals surface area contributed by atoms with Crippen molar-refractivity contribution in [3.63, 3.8) is 0 Å². The van der Waals surface area contributed by atoms with Gasteiger partial charge in [-0.3, -0.25) is 9.59 Å². The molecule has 4 nitrogen and oxygen atoms in total. The van der Waals surface area contributed by atoms with E-state index in [-0.39, 0.29) is 5.56 Å². The summed E-state index contributed by atoms with van der Waals surface area (Å²) in [5.41, 5.74) is -1.14. The highest BCUT2D eigenvalue weighted by atomic mass is 19.4. The van der Waals surface area contributed by atoms with Crippen LogP contribution in [0.5, 0.6) is 0 Å². The van der Waals surface area contributed by atoms with E-state index in [2.05, 4.69) is 10.3 Å². The topological polar surface area (TPSA) is 62.0 Å². The Bertz CT molecular complexity index is 630. The van der Waals surface area contributed by atoms with Crippen LogP contribution in [0.2, 0.25) is 0 Å². The molecule has 0 bridgehead atoms. The number of pyridine rings is 1. The van der Waals surface area contributed by atoms with Crippen LogP contribution in [0.4, 0.5) is 26.3 Å². The number of carbonyl (C=O) groups excluding carboxylic acids is 1. The third-order valence-electron chi connectivity index (χ3n) is 4.03. The Morgan fingerprint density at radius 1 is 1.04 bits per heavy atom. The molecule has 0 spiro atoms. The van der Waals surface area contributed by atoms with Gasteiger partial charge in [-0.05, 0) is 31.4 Å². The van der Waals surface area contributed by atoms with Crippen LogP contribution >= 0.6 is 0 Å². The van der Waals surface area contributed by atoms with E-state index in [1.165, 1.54) is 12.3 Å². The first-order valence-corrected chi connectivity index (χ1v) is 7.10. The second-order valence-electron chi connectivity index (χ2n) is 5.77. The molecule has 1 fully saturated rings. The molecule has 134 valence electrons. The van der Waals surface area contributed by atoms with Crippen molar-refractivity contribution in [2.24, 2.45) is 11.8 Å². The molecule has 24 heavy (non-hydrogen) atoms. The molecule has 2 atom stereocenters. The first-order chi connectivity index (χ1) is 11.0. The van der Waals surface area contributed by atoms with Crippen LogP contribution in [0, 0.1) is 11.8 Å². The summed E-state index contributed by atoms with van der Waals surface area (Å²) in [5.74, 6) is -5.31. The summed E-state index contributed by atoms with van der Waals surface area (Å²) in [5, 5.41) is 2.12. The smallest absolute Gasteiger partial charge is 0.349 e. The van der Waals surface area contributed by atoms with Gasteiger partial charge in [-0.1, -0.05) is 0 Å². The maximum atomic E-state index is 12.9. The normalized spacial score (nSPS) is 25.3. The van der Waals surface area contributed by atoms with E-state index in [0.717, 1.165) is 6.07 Å². The Morgan fingerprint density at radius 2 is 1.58 bits per heavy atom. The van der Waals surface area contributed by atoms with E-state index in [0.29, 0.717) is 0 Å². The number of hydrogen-bond acceptors (Lipinski definition) is 2. The van der Waals surface area contributed by atoms with Crippen molar-refractivity contribution in [3.8, 4) is 0 Å². The van der Waals surface area contributed by atoms with E-state index >= 15 is 0 Å². The molecule has 1 heterocycles. The average molecular weight is 356 g/mol. The predicted molar refractivity (Wildman–Crippen MR) is 71.3 cm³/mol. The van der Waals surface area contributed by atoms with Crippen molar-refractivity contribution in [2.45, 2.75) is 37.7 Å². The maximum absolute atomic E-state index is 12.9. The van der Waals surface area contributed by atoms with Crippen molar-refractivity contribution < 1.29 is 31.1 Å². The minimum absolute atomic E-state index is 0.366. The van der Waals surface area contributed by atoms with Crippen LogP contribution in [-0.2, 0) is 0 Å². The summed E-state index contributed by atoms with van der Waals surface area (Å²) in [7, 11) is 0. The van der Waals surface area contributed by atoms with Gasteiger partial charge in [0.1, 0.15) is 5.56 Å². The number of nitrogens with one attached hydrogen (secondary N) is 2. The molecule has 1 aliphatic rings. The Balaban J connectivity index is 2.17. The standard InChI is InChI=1S/C14H14F6N2O2/c15-13(16,17)7-4-8(14(18,19)20)6-9(5-7)22-12(24)10-2-1-3-21-11(10)23/h1-3,7-9H,4-6H2,(H,21,23)(H,22,24). The summed E-state index contributed by atoms with van der Waals surface area (Å²) < 4.78 is 77.2. The van der Waals surface area contributed by atoms with Gasteiger partial charge in [0.15, 0.2) is 0 Å². The van der Waals surface area contributed by atoms with Crippen LogP contribution < -0.4 is 10.9 Å². The summed E-state index contributed by atoms with van der Waals surface area (Å²) >= 11 is 0. The second kappa shape index (κ2) is 6.48. The highest BCUT2D eigenvalue weighted by Gasteiger charge is 2.52. The van der Waals surface area contributed by atoms with Gasteiger partial charge in [0, 0.05) is 12.2 Å². The third kappa shape index (κ3) is 4.30. The molecule has 1 aromatic rings.